The Bertz CT molecular complexity index is 803. The largest absolute Gasteiger partial charge is 0.493 e. The van der Waals surface area contributed by atoms with Crippen molar-refractivity contribution in [3.8, 4) is 17.2 Å². The molecule has 2 aromatic rings. The predicted molar refractivity (Wildman–Crippen MR) is 105 cm³/mol. The maximum absolute atomic E-state index is 13.1. The molecule has 6 heteroatoms. The average Bonchev–Trinajstić information content (AvgIpc) is 2.63. The third-order valence-electron chi connectivity index (χ3n) is 4.01. The highest BCUT2D eigenvalue weighted by atomic mass is 35.5. The number of carbonyl (C=O) groups excluding carboxylic acids is 1. The number of methoxy groups -OCH3 is 2. The summed E-state index contributed by atoms with van der Waals surface area (Å²) in [6.07, 6.45) is 1.90. The van der Waals surface area contributed by atoms with Gasteiger partial charge in [-0.3, -0.25) is 4.79 Å². The summed E-state index contributed by atoms with van der Waals surface area (Å²) in [6, 6.07) is 6.68. The fourth-order valence-corrected chi connectivity index (χ4v) is 3.14. The van der Waals surface area contributed by atoms with Gasteiger partial charge in [-0.05, 0) is 43.2 Å². The monoisotopic (exact) mass is 396 g/mol. The normalized spacial score (nSPS) is 10.5. The topological polar surface area (TPSA) is 44.8 Å². The van der Waals surface area contributed by atoms with Gasteiger partial charge in [-0.15, -0.1) is 0 Å². The van der Waals surface area contributed by atoms with Crippen LogP contribution in [0.25, 0.3) is 0 Å². The first-order valence-electron chi connectivity index (χ1n) is 8.32. The van der Waals surface area contributed by atoms with Crippen LogP contribution in [-0.2, 0) is 0 Å². The highest BCUT2D eigenvalue weighted by Gasteiger charge is 2.23. The van der Waals surface area contributed by atoms with E-state index in [2.05, 4.69) is 6.92 Å². The van der Waals surface area contributed by atoms with E-state index in [1.54, 1.807) is 31.4 Å². The third-order valence-corrected chi connectivity index (χ3v) is 4.70. The Morgan fingerprint density at radius 1 is 1.04 bits per heavy atom. The zero-order chi connectivity index (χ0) is 19.3. The van der Waals surface area contributed by atoms with Crippen LogP contribution in [0.1, 0.15) is 41.3 Å². The highest BCUT2D eigenvalue weighted by Crippen LogP contribution is 2.37. The van der Waals surface area contributed by atoms with Crippen molar-refractivity contribution in [1.29, 1.82) is 0 Å². The van der Waals surface area contributed by atoms with E-state index in [9.17, 15) is 4.79 Å². The molecule has 0 aliphatic heterocycles. The van der Waals surface area contributed by atoms with E-state index in [1.165, 1.54) is 7.11 Å². The van der Waals surface area contributed by atoms with E-state index in [-0.39, 0.29) is 21.4 Å². The smallest absolute Gasteiger partial charge is 0.196 e. The van der Waals surface area contributed by atoms with Crippen LogP contribution in [0.2, 0.25) is 10.0 Å². The quantitative estimate of drug-likeness (QED) is 0.422. The lowest BCUT2D eigenvalue weighted by atomic mass is 9.98. The van der Waals surface area contributed by atoms with Gasteiger partial charge in [0, 0.05) is 5.56 Å². The van der Waals surface area contributed by atoms with Crippen molar-refractivity contribution in [2.45, 2.75) is 26.7 Å². The molecule has 0 aliphatic carbocycles. The number of carbonyl (C=O) groups is 1. The van der Waals surface area contributed by atoms with Crippen molar-refractivity contribution < 1.29 is 19.0 Å². The number of ketones is 1. The van der Waals surface area contributed by atoms with Gasteiger partial charge in [0.1, 0.15) is 5.75 Å². The van der Waals surface area contributed by atoms with Gasteiger partial charge < -0.3 is 14.2 Å². The van der Waals surface area contributed by atoms with Crippen molar-refractivity contribution >= 4 is 29.0 Å². The van der Waals surface area contributed by atoms with Crippen LogP contribution in [0.15, 0.2) is 24.3 Å². The first-order valence-corrected chi connectivity index (χ1v) is 9.08. The Balaban J connectivity index is 2.48. The summed E-state index contributed by atoms with van der Waals surface area (Å²) < 4.78 is 16.3. The van der Waals surface area contributed by atoms with Crippen LogP contribution < -0.4 is 14.2 Å². The lowest BCUT2D eigenvalue weighted by Crippen LogP contribution is -2.08. The second-order valence-corrected chi connectivity index (χ2v) is 6.57. The highest BCUT2D eigenvalue weighted by molar-refractivity contribution is 6.42. The zero-order valence-corrected chi connectivity index (χ0v) is 16.8. The molecule has 0 aromatic heterocycles. The molecule has 2 rings (SSSR count). The molecule has 0 saturated heterocycles. The summed E-state index contributed by atoms with van der Waals surface area (Å²) in [5, 5.41) is 0.491. The number of unbranched alkanes of at least 4 members (excludes halogenated alkanes) is 1. The SMILES string of the molecule is CCCCOc1ccc(Cl)c(C(=O)c2cc(OC)c(OC)cc2C)c1Cl. The van der Waals surface area contributed by atoms with Crippen LogP contribution in [0.5, 0.6) is 17.2 Å². The van der Waals surface area contributed by atoms with E-state index in [1.807, 2.05) is 6.92 Å². The third kappa shape index (κ3) is 4.25. The van der Waals surface area contributed by atoms with E-state index >= 15 is 0 Å². The molecule has 0 unspecified atom stereocenters. The first kappa shape index (κ1) is 20.4. The van der Waals surface area contributed by atoms with Crippen molar-refractivity contribution in [3.63, 3.8) is 0 Å². The summed E-state index contributed by atoms with van der Waals surface area (Å²) in [7, 11) is 3.06. The van der Waals surface area contributed by atoms with Gasteiger partial charge in [-0.25, -0.2) is 0 Å². The van der Waals surface area contributed by atoms with E-state index in [0.717, 1.165) is 18.4 Å². The molecule has 0 fully saturated rings. The minimum Gasteiger partial charge on any atom is -0.493 e. The van der Waals surface area contributed by atoms with Gasteiger partial charge in [0.2, 0.25) is 0 Å². The number of benzene rings is 2. The molecule has 4 nitrogen and oxygen atoms in total. The van der Waals surface area contributed by atoms with E-state index in [0.29, 0.717) is 29.4 Å². The molecule has 0 atom stereocenters. The predicted octanol–water partition coefficient (Wildman–Crippen LogP) is 5.73. The lowest BCUT2D eigenvalue weighted by Gasteiger charge is -2.15. The van der Waals surface area contributed by atoms with E-state index < -0.39 is 0 Å². The summed E-state index contributed by atoms with van der Waals surface area (Å²) in [4.78, 5) is 13.1. The van der Waals surface area contributed by atoms with Gasteiger partial charge >= 0.3 is 0 Å². The molecule has 26 heavy (non-hydrogen) atoms. The van der Waals surface area contributed by atoms with Crippen molar-refractivity contribution in [1.82, 2.24) is 0 Å². The van der Waals surface area contributed by atoms with Crippen molar-refractivity contribution in [2.75, 3.05) is 20.8 Å². The Hall–Kier alpha value is -1.91. The fraction of sp³-hybridized carbons (Fsp3) is 0.350. The standard InChI is InChI=1S/C20H22Cl2O4/c1-5-6-9-26-15-8-7-14(21)18(19(15)22)20(23)13-11-17(25-4)16(24-3)10-12(13)2/h7-8,10-11H,5-6,9H2,1-4H3. The fourth-order valence-electron chi connectivity index (χ4n) is 2.54. The number of rotatable bonds is 8. The second kappa shape index (κ2) is 9.15. The van der Waals surface area contributed by atoms with Gasteiger partial charge in [0.25, 0.3) is 0 Å². The molecule has 140 valence electrons. The molecule has 0 radical (unpaired) electrons. The second-order valence-electron chi connectivity index (χ2n) is 5.79. The molecular weight excluding hydrogens is 375 g/mol. The number of hydrogen-bond acceptors (Lipinski definition) is 4. The summed E-state index contributed by atoms with van der Waals surface area (Å²) in [5.41, 5.74) is 1.40. The van der Waals surface area contributed by atoms with Gasteiger partial charge in [-0.2, -0.15) is 0 Å². The minimum absolute atomic E-state index is 0.216. The number of aryl methyl sites for hydroxylation is 1. The average molecular weight is 397 g/mol. The van der Waals surface area contributed by atoms with Crippen LogP contribution in [-0.4, -0.2) is 26.6 Å². The van der Waals surface area contributed by atoms with Crippen LogP contribution in [0.3, 0.4) is 0 Å². The molecule has 0 heterocycles. The number of hydrogen-bond donors (Lipinski definition) is 0. The number of halogens is 2. The van der Waals surface area contributed by atoms with Crippen LogP contribution >= 0.6 is 23.2 Å². The molecule has 0 aliphatic rings. The minimum atomic E-state index is -0.292. The summed E-state index contributed by atoms with van der Waals surface area (Å²) in [6.45, 7) is 4.42. The Labute approximate surface area is 164 Å². The summed E-state index contributed by atoms with van der Waals surface area (Å²) in [5.74, 6) is 1.17. The van der Waals surface area contributed by atoms with Crippen LogP contribution in [0.4, 0.5) is 0 Å². The Kier molecular flexibility index (Phi) is 7.18. The molecule has 0 spiro atoms. The Morgan fingerprint density at radius 2 is 1.69 bits per heavy atom. The maximum atomic E-state index is 13.1. The molecule has 0 bridgehead atoms. The maximum Gasteiger partial charge on any atom is 0.196 e. The van der Waals surface area contributed by atoms with Gasteiger partial charge in [-0.1, -0.05) is 36.5 Å². The first-order chi connectivity index (χ1) is 12.4. The zero-order valence-electron chi connectivity index (χ0n) is 15.3. The van der Waals surface area contributed by atoms with Gasteiger partial charge in [0.15, 0.2) is 17.3 Å². The van der Waals surface area contributed by atoms with Crippen molar-refractivity contribution in [2.24, 2.45) is 0 Å². The molecule has 2 aromatic carbocycles. The van der Waals surface area contributed by atoms with Crippen molar-refractivity contribution in [3.05, 3.63) is 51.0 Å². The van der Waals surface area contributed by atoms with Gasteiger partial charge in [0.05, 0.1) is 36.4 Å². The lowest BCUT2D eigenvalue weighted by molar-refractivity contribution is 0.103. The molecule has 0 amide bonds. The number of ether oxygens (including phenoxy) is 3. The molecular formula is C20H22Cl2O4. The van der Waals surface area contributed by atoms with E-state index in [4.69, 9.17) is 37.4 Å². The summed E-state index contributed by atoms with van der Waals surface area (Å²) >= 11 is 12.7. The molecule has 0 N–H and O–H groups in total. The Morgan fingerprint density at radius 3 is 2.31 bits per heavy atom. The van der Waals surface area contributed by atoms with Crippen LogP contribution in [0, 0.1) is 6.92 Å². The molecule has 0 saturated carbocycles.